The summed E-state index contributed by atoms with van der Waals surface area (Å²) >= 11 is 0. The fourth-order valence-corrected chi connectivity index (χ4v) is 1.97. The van der Waals surface area contributed by atoms with Crippen molar-refractivity contribution in [2.45, 2.75) is 19.8 Å². The number of hydrogen-bond acceptors (Lipinski definition) is 3. The van der Waals surface area contributed by atoms with Crippen LogP contribution in [0.3, 0.4) is 0 Å². The van der Waals surface area contributed by atoms with E-state index in [1.54, 1.807) is 7.05 Å². The van der Waals surface area contributed by atoms with Crippen LogP contribution in [0.2, 0.25) is 0 Å². The van der Waals surface area contributed by atoms with Crippen LogP contribution in [-0.4, -0.2) is 45.9 Å². The zero-order valence-electron chi connectivity index (χ0n) is 13.6. The summed E-state index contributed by atoms with van der Waals surface area (Å²) in [5.41, 5.74) is 1.24. The summed E-state index contributed by atoms with van der Waals surface area (Å²) in [5, 5.41) is 6.45. The van der Waals surface area contributed by atoms with Crippen LogP contribution in [0, 0.1) is 12.8 Å². The molecule has 2 N–H and O–H groups in total. The molecule has 1 aromatic carbocycles. The first-order valence-corrected chi connectivity index (χ1v) is 7.99. The summed E-state index contributed by atoms with van der Waals surface area (Å²) in [7, 11) is 1.77. The number of hydrogen-bond donors (Lipinski definition) is 2. The van der Waals surface area contributed by atoms with Gasteiger partial charge in [-0.15, -0.1) is 0 Å². The second-order valence-electron chi connectivity index (χ2n) is 5.61. The maximum Gasteiger partial charge on any atom is 0.191 e. The van der Waals surface area contributed by atoms with Gasteiger partial charge in [-0.25, -0.2) is 0 Å². The van der Waals surface area contributed by atoms with Crippen molar-refractivity contribution < 1.29 is 9.47 Å². The number of aliphatic imine (C=N–C) groups is 1. The highest BCUT2D eigenvalue weighted by Gasteiger charge is 2.20. The first-order valence-electron chi connectivity index (χ1n) is 7.99. The van der Waals surface area contributed by atoms with E-state index in [-0.39, 0.29) is 0 Å². The molecule has 122 valence electrons. The average molecular weight is 305 g/mol. The lowest BCUT2D eigenvalue weighted by Crippen LogP contribution is -2.40. The van der Waals surface area contributed by atoms with Gasteiger partial charge in [0, 0.05) is 20.2 Å². The van der Waals surface area contributed by atoms with Gasteiger partial charge < -0.3 is 20.1 Å². The van der Waals surface area contributed by atoms with E-state index in [4.69, 9.17) is 9.47 Å². The normalized spacial score (nSPS) is 14.7. The highest BCUT2D eigenvalue weighted by Crippen LogP contribution is 2.28. The Morgan fingerprint density at radius 2 is 1.82 bits per heavy atom. The molecule has 5 nitrogen and oxygen atoms in total. The van der Waals surface area contributed by atoms with Crippen LogP contribution in [0.1, 0.15) is 18.4 Å². The third-order valence-corrected chi connectivity index (χ3v) is 3.50. The summed E-state index contributed by atoms with van der Waals surface area (Å²) < 4.78 is 11.2. The van der Waals surface area contributed by atoms with E-state index < -0.39 is 0 Å². The van der Waals surface area contributed by atoms with Crippen LogP contribution in [0.4, 0.5) is 0 Å². The number of nitrogens with one attached hydrogen (secondary N) is 2. The van der Waals surface area contributed by atoms with Crippen LogP contribution in [-0.2, 0) is 4.74 Å². The average Bonchev–Trinajstić information content (AvgIpc) is 3.35. The van der Waals surface area contributed by atoms with E-state index in [0.29, 0.717) is 13.2 Å². The third kappa shape index (κ3) is 6.80. The Bertz CT molecular complexity index is 455. The highest BCUT2D eigenvalue weighted by atomic mass is 16.5. The first kappa shape index (κ1) is 16.6. The molecule has 0 bridgehead atoms. The summed E-state index contributed by atoms with van der Waals surface area (Å²) in [6.07, 6.45) is 2.66. The van der Waals surface area contributed by atoms with E-state index in [0.717, 1.165) is 37.4 Å². The van der Waals surface area contributed by atoms with Crippen molar-refractivity contribution in [1.82, 2.24) is 10.6 Å². The highest BCUT2D eigenvalue weighted by molar-refractivity contribution is 5.79. The lowest BCUT2D eigenvalue weighted by Gasteiger charge is -2.12. The molecule has 0 radical (unpaired) electrons. The third-order valence-electron chi connectivity index (χ3n) is 3.50. The number of rotatable bonds is 9. The number of guanidine groups is 1. The van der Waals surface area contributed by atoms with Crippen LogP contribution in [0.15, 0.2) is 29.3 Å². The molecule has 0 aliphatic heterocycles. The fourth-order valence-electron chi connectivity index (χ4n) is 1.97. The minimum absolute atomic E-state index is 0.599. The van der Waals surface area contributed by atoms with Gasteiger partial charge in [0.25, 0.3) is 0 Å². The van der Waals surface area contributed by atoms with Crippen molar-refractivity contribution in [2.24, 2.45) is 10.9 Å². The number of benzene rings is 1. The summed E-state index contributed by atoms with van der Waals surface area (Å²) in [6.45, 7) is 5.76. The molecule has 0 amide bonds. The van der Waals surface area contributed by atoms with Crippen LogP contribution in [0.5, 0.6) is 5.75 Å². The lowest BCUT2D eigenvalue weighted by molar-refractivity contribution is 0.129. The standard InChI is InChI=1S/C17H27N3O2/c1-14-3-7-16(8-4-14)22-12-10-20-17(18-2)19-9-11-21-13-15-5-6-15/h3-4,7-8,15H,5-6,9-13H2,1-2H3,(H2,18,19,20). The minimum Gasteiger partial charge on any atom is -0.492 e. The molecule has 0 aromatic heterocycles. The van der Waals surface area contributed by atoms with Gasteiger partial charge in [-0.2, -0.15) is 0 Å². The molecule has 1 fully saturated rings. The molecular weight excluding hydrogens is 278 g/mol. The molecule has 1 aliphatic carbocycles. The van der Waals surface area contributed by atoms with Gasteiger partial charge in [-0.1, -0.05) is 17.7 Å². The largest absolute Gasteiger partial charge is 0.492 e. The molecule has 2 rings (SSSR count). The summed E-state index contributed by atoms with van der Waals surface area (Å²) in [5.74, 6) is 2.49. The van der Waals surface area contributed by atoms with Crippen LogP contribution < -0.4 is 15.4 Å². The second kappa shape index (κ2) is 9.30. The molecule has 5 heteroatoms. The van der Waals surface area contributed by atoms with Gasteiger partial charge in [-0.05, 0) is 37.8 Å². The molecular formula is C17H27N3O2. The molecule has 1 aromatic rings. The van der Waals surface area contributed by atoms with Gasteiger partial charge in [-0.3, -0.25) is 4.99 Å². The van der Waals surface area contributed by atoms with Crippen molar-refractivity contribution in [3.63, 3.8) is 0 Å². The Morgan fingerprint density at radius 3 is 2.45 bits per heavy atom. The van der Waals surface area contributed by atoms with Crippen molar-refractivity contribution >= 4 is 5.96 Å². The first-order chi connectivity index (χ1) is 10.8. The monoisotopic (exact) mass is 305 g/mol. The second-order valence-corrected chi connectivity index (χ2v) is 5.61. The molecule has 0 spiro atoms. The molecule has 0 heterocycles. The minimum atomic E-state index is 0.599. The van der Waals surface area contributed by atoms with E-state index in [1.165, 1.54) is 18.4 Å². The Balaban J connectivity index is 1.50. The fraction of sp³-hybridized carbons (Fsp3) is 0.588. The van der Waals surface area contributed by atoms with Crippen molar-refractivity contribution in [3.05, 3.63) is 29.8 Å². The maximum atomic E-state index is 5.66. The smallest absolute Gasteiger partial charge is 0.191 e. The number of aryl methyl sites for hydroxylation is 1. The lowest BCUT2D eigenvalue weighted by atomic mass is 10.2. The molecule has 0 unspecified atom stereocenters. The Hall–Kier alpha value is -1.75. The summed E-state index contributed by atoms with van der Waals surface area (Å²) in [6, 6.07) is 8.06. The number of ether oxygens (including phenoxy) is 2. The van der Waals surface area contributed by atoms with Crippen LogP contribution in [0.25, 0.3) is 0 Å². The Labute approximate surface area is 133 Å². The molecule has 0 atom stereocenters. The molecule has 1 aliphatic rings. The van der Waals surface area contributed by atoms with E-state index in [1.807, 2.05) is 24.3 Å². The van der Waals surface area contributed by atoms with Gasteiger partial charge >= 0.3 is 0 Å². The quantitative estimate of drug-likeness (QED) is 0.416. The Morgan fingerprint density at radius 1 is 1.14 bits per heavy atom. The zero-order valence-corrected chi connectivity index (χ0v) is 13.6. The topological polar surface area (TPSA) is 54.9 Å². The van der Waals surface area contributed by atoms with Gasteiger partial charge in [0.15, 0.2) is 5.96 Å². The molecule has 1 saturated carbocycles. The molecule has 0 saturated heterocycles. The predicted molar refractivity (Wildman–Crippen MR) is 89.6 cm³/mol. The Kier molecular flexibility index (Phi) is 7.03. The van der Waals surface area contributed by atoms with Crippen molar-refractivity contribution in [3.8, 4) is 5.75 Å². The predicted octanol–water partition coefficient (Wildman–Crippen LogP) is 1.97. The molecule has 22 heavy (non-hydrogen) atoms. The maximum absolute atomic E-state index is 5.66. The SMILES string of the molecule is CN=C(NCCOCC1CC1)NCCOc1ccc(C)cc1. The van der Waals surface area contributed by atoms with E-state index >= 15 is 0 Å². The van der Waals surface area contributed by atoms with Crippen LogP contribution >= 0.6 is 0 Å². The van der Waals surface area contributed by atoms with Crippen molar-refractivity contribution in [1.29, 1.82) is 0 Å². The number of nitrogens with zero attached hydrogens (tertiary/aromatic N) is 1. The summed E-state index contributed by atoms with van der Waals surface area (Å²) in [4.78, 5) is 4.17. The zero-order chi connectivity index (χ0) is 15.6. The van der Waals surface area contributed by atoms with E-state index in [9.17, 15) is 0 Å². The van der Waals surface area contributed by atoms with Gasteiger partial charge in [0.05, 0.1) is 13.2 Å². The van der Waals surface area contributed by atoms with Gasteiger partial charge in [0.2, 0.25) is 0 Å². The van der Waals surface area contributed by atoms with E-state index in [2.05, 4.69) is 22.5 Å². The van der Waals surface area contributed by atoms with Crippen molar-refractivity contribution in [2.75, 3.05) is 40.0 Å². The van der Waals surface area contributed by atoms with Gasteiger partial charge in [0.1, 0.15) is 12.4 Å².